The number of carbonyl (C=O) groups is 1. The van der Waals surface area contributed by atoms with E-state index in [1.165, 1.54) is 19.2 Å². The Morgan fingerprint density at radius 1 is 1.35 bits per heavy atom. The van der Waals surface area contributed by atoms with Crippen molar-refractivity contribution >= 4 is 39.9 Å². The molecule has 0 aliphatic rings. The zero-order valence-electron chi connectivity index (χ0n) is 14.7. The zero-order valence-corrected chi connectivity index (χ0v) is 16.8. The molecule has 2 aromatic rings. The minimum atomic E-state index is -0.475. The van der Waals surface area contributed by atoms with Gasteiger partial charge in [-0.25, -0.2) is 0 Å². The van der Waals surface area contributed by atoms with Gasteiger partial charge in [-0.15, -0.1) is 0 Å². The van der Waals surface area contributed by atoms with Gasteiger partial charge in [-0.1, -0.05) is 13.0 Å². The number of hydrogen-bond acceptors (Lipinski definition) is 5. The highest BCUT2D eigenvalue weighted by atomic mass is 127. The maximum atomic E-state index is 12.6. The number of carbonyl (C=O) groups excluding carboxylic acids is 1. The monoisotopic (exact) mass is 470 g/mol. The highest BCUT2D eigenvalue weighted by Gasteiger charge is 2.18. The molecule has 0 radical (unpaired) electrons. The number of nitrogens with one attached hydrogen (secondary N) is 1. The molecule has 0 aromatic heterocycles. The molecule has 0 saturated heterocycles. The van der Waals surface area contributed by atoms with Crippen molar-refractivity contribution in [2.24, 2.45) is 0 Å². The van der Waals surface area contributed by atoms with E-state index in [0.717, 1.165) is 9.99 Å². The second-order valence-corrected chi connectivity index (χ2v) is 6.66. The maximum Gasteiger partial charge on any atom is 0.274 e. The van der Waals surface area contributed by atoms with E-state index in [0.29, 0.717) is 34.9 Å². The summed E-state index contributed by atoms with van der Waals surface area (Å²) in [6.45, 7) is 4.15. The van der Waals surface area contributed by atoms with Gasteiger partial charge in [0.2, 0.25) is 0 Å². The number of hydrogen-bond donors (Lipinski definition) is 1. The van der Waals surface area contributed by atoms with E-state index in [2.05, 4.69) is 27.9 Å². The summed E-state index contributed by atoms with van der Waals surface area (Å²) < 4.78 is 11.8. The summed E-state index contributed by atoms with van der Waals surface area (Å²) in [4.78, 5) is 23.2. The molecule has 2 aromatic carbocycles. The molecule has 1 N–H and O–H groups in total. The van der Waals surface area contributed by atoms with E-state index in [1.807, 2.05) is 6.92 Å². The lowest BCUT2D eigenvalue weighted by Crippen LogP contribution is -2.14. The fraction of sp³-hybridized carbons (Fsp3) is 0.278. The van der Waals surface area contributed by atoms with Crippen LogP contribution in [0.15, 0.2) is 30.3 Å². The average Bonchev–Trinajstić information content (AvgIpc) is 2.61. The summed E-state index contributed by atoms with van der Waals surface area (Å²) >= 11 is 2.09. The molecule has 0 saturated carbocycles. The van der Waals surface area contributed by atoms with Crippen LogP contribution in [0, 0.1) is 20.6 Å². The Hall–Kier alpha value is -2.36. The number of nitrogens with zero attached hydrogens (tertiary/aromatic N) is 1. The summed E-state index contributed by atoms with van der Waals surface area (Å²) in [5.41, 5.74) is 1.12. The largest absolute Gasteiger partial charge is 0.493 e. The van der Waals surface area contributed by atoms with Gasteiger partial charge in [0, 0.05) is 11.6 Å². The number of amides is 1. The molecular weight excluding hydrogens is 451 g/mol. The van der Waals surface area contributed by atoms with Crippen molar-refractivity contribution < 1.29 is 19.2 Å². The lowest BCUT2D eigenvalue weighted by molar-refractivity contribution is -0.385. The SMILES string of the molecule is CCCOc1c(I)cc(C(=O)Nc2cccc([N+](=O)[O-])c2C)cc1OC. The normalized spacial score (nSPS) is 10.3. The summed E-state index contributed by atoms with van der Waals surface area (Å²) in [7, 11) is 1.51. The predicted octanol–water partition coefficient (Wildman–Crippen LogP) is 4.56. The molecule has 0 heterocycles. The first kappa shape index (κ1) is 20.0. The molecule has 0 fully saturated rings. The van der Waals surface area contributed by atoms with E-state index in [9.17, 15) is 14.9 Å². The van der Waals surface area contributed by atoms with Crippen LogP contribution in [0.3, 0.4) is 0 Å². The van der Waals surface area contributed by atoms with Crippen molar-refractivity contribution in [2.45, 2.75) is 20.3 Å². The highest BCUT2D eigenvalue weighted by Crippen LogP contribution is 2.34. The van der Waals surface area contributed by atoms with Crippen LogP contribution in [0.4, 0.5) is 11.4 Å². The van der Waals surface area contributed by atoms with Gasteiger partial charge in [0.05, 0.1) is 33.5 Å². The predicted molar refractivity (Wildman–Crippen MR) is 107 cm³/mol. The van der Waals surface area contributed by atoms with Gasteiger partial charge in [-0.2, -0.15) is 0 Å². The maximum absolute atomic E-state index is 12.6. The standard InChI is InChI=1S/C18H19IN2O5/c1-4-8-26-17-13(19)9-12(10-16(17)25-3)18(22)20-14-6-5-7-15(11(14)2)21(23)24/h5-7,9-10H,4,8H2,1-3H3,(H,20,22). The second kappa shape index (κ2) is 8.84. The molecule has 2 rings (SSSR count). The van der Waals surface area contributed by atoms with Crippen molar-refractivity contribution in [1.82, 2.24) is 0 Å². The van der Waals surface area contributed by atoms with Crippen LogP contribution in [0.1, 0.15) is 29.3 Å². The third-order valence-electron chi connectivity index (χ3n) is 3.69. The Kier molecular flexibility index (Phi) is 6.78. The van der Waals surface area contributed by atoms with Crippen LogP contribution in [0.5, 0.6) is 11.5 Å². The highest BCUT2D eigenvalue weighted by molar-refractivity contribution is 14.1. The molecule has 0 aliphatic heterocycles. The van der Waals surface area contributed by atoms with Gasteiger partial charge in [0.15, 0.2) is 11.5 Å². The van der Waals surface area contributed by atoms with Gasteiger partial charge >= 0.3 is 0 Å². The van der Waals surface area contributed by atoms with Crippen molar-refractivity contribution in [3.8, 4) is 11.5 Å². The number of nitro groups is 1. The number of benzene rings is 2. The van der Waals surface area contributed by atoms with Crippen LogP contribution >= 0.6 is 22.6 Å². The Balaban J connectivity index is 2.32. The van der Waals surface area contributed by atoms with E-state index < -0.39 is 4.92 Å². The van der Waals surface area contributed by atoms with Crippen LogP contribution in [0.2, 0.25) is 0 Å². The van der Waals surface area contributed by atoms with E-state index >= 15 is 0 Å². The number of nitro benzene ring substituents is 1. The molecule has 0 spiro atoms. The summed E-state index contributed by atoms with van der Waals surface area (Å²) in [6.07, 6.45) is 0.855. The average molecular weight is 470 g/mol. The molecule has 7 nitrogen and oxygen atoms in total. The number of anilines is 1. The lowest BCUT2D eigenvalue weighted by Gasteiger charge is -2.14. The Morgan fingerprint density at radius 2 is 2.08 bits per heavy atom. The fourth-order valence-electron chi connectivity index (χ4n) is 2.35. The first-order valence-electron chi connectivity index (χ1n) is 7.94. The Labute approximate surface area is 165 Å². The quantitative estimate of drug-likeness (QED) is 0.364. The molecule has 1 amide bonds. The third-order valence-corrected chi connectivity index (χ3v) is 4.49. The molecule has 138 valence electrons. The van der Waals surface area contributed by atoms with Gasteiger partial charge in [0.25, 0.3) is 11.6 Å². The van der Waals surface area contributed by atoms with Gasteiger partial charge < -0.3 is 14.8 Å². The van der Waals surface area contributed by atoms with Crippen LogP contribution < -0.4 is 14.8 Å². The topological polar surface area (TPSA) is 90.7 Å². The molecule has 0 bridgehead atoms. The second-order valence-electron chi connectivity index (χ2n) is 5.50. The van der Waals surface area contributed by atoms with Crippen molar-refractivity contribution in [3.63, 3.8) is 0 Å². The lowest BCUT2D eigenvalue weighted by atomic mass is 10.1. The van der Waals surface area contributed by atoms with Crippen LogP contribution in [-0.4, -0.2) is 24.5 Å². The smallest absolute Gasteiger partial charge is 0.274 e. The summed E-state index contributed by atoms with van der Waals surface area (Å²) in [6, 6.07) is 7.84. The Bertz CT molecular complexity index is 839. The van der Waals surface area contributed by atoms with Gasteiger partial charge in [-0.05, 0) is 54.1 Å². The van der Waals surface area contributed by atoms with Crippen molar-refractivity contribution in [1.29, 1.82) is 0 Å². The molecule has 0 aliphatic carbocycles. The minimum absolute atomic E-state index is 0.0433. The van der Waals surface area contributed by atoms with Gasteiger partial charge in [0.1, 0.15) is 0 Å². The molecule has 26 heavy (non-hydrogen) atoms. The number of methoxy groups -OCH3 is 1. The zero-order chi connectivity index (χ0) is 19.3. The van der Waals surface area contributed by atoms with Crippen molar-refractivity contribution in [2.75, 3.05) is 19.0 Å². The third kappa shape index (κ3) is 4.43. The van der Waals surface area contributed by atoms with Gasteiger partial charge in [-0.3, -0.25) is 14.9 Å². The van der Waals surface area contributed by atoms with E-state index in [1.54, 1.807) is 25.1 Å². The van der Waals surface area contributed by atoms with Crippen molar-refractivity contribution in [3.05, 3.63) is 55.1 Å². The Morgan fingerprint density at radius 3 is 2.69 bits per heavy atom. The summed E-state index contributed by atoms with van der Waals surface area (Å²) in [5.74, 6) is 0.677. The van der Waals surface area contributed by atoms with E-state index in [-0.39, 0.29) is 11.6 Å². The molecular formula is C18H19IN2O5. The molecule has 8 heteroatoms. The first-order valence-corrected chi connectivity index (χ1v) is 9.02. The van der Waals surface area contributed by atoms with Crippen LogP contribution in [-0.2, 0) is 0 Å². The number of halogens is 1. The number of rotatable bonds is 7. The van der Waals surface area contributed by atoms with E-state index in [4.69, 9.17) is 9.47 Å². The number of ether oxygens (including phenoxy) is 2. The fourth-order valence-corrected chi connectivity index (χ4v) is 3.10. The molecule has 0 atom stereocenters. The summed E-state index contributed by atoms with van der Waals surface area (Å²) in [5, 5.41) is 13.8. The molecule has 0 unspecified atom stereocenters. The first-order chi connectivity index (χ1) is 12.4. The minimum Gasteiger partial charge on any atom is -0.493 e. The van der Waals surface area contributed by atoms with Crippen LogP contribution in [0.25, 0.3) is 0 Å².